The summed E-state index contributed by atoms with van der Waals surface area (Å²) in [6.45, 7) is 1.87. The van der Waals surface area contributed by atoms with Crippen LogP contribution in [0.1, 0.15) is 11.3 Å². The molecular weight excluding hydrogens is 381 g/mol. The van der Waals surface area contributed by atoms with Crippen molar-refractivity contribution >= 4 is 16.9 Å². The van der Waals surface area contributed by atoms with Crippen molar-refractivity contribution in [1.29, 1.82) is 5.26 Å². The van der Waals surface area contributed by atoms with Crippen molar-refractivity contribution in [3.63, 3.8) is 0 Å². The van der Waals surface area contributed by atoms with E-state index in [1.54, 1.807) is 18.2 Å². The quantitative estimate of drug-likeness (QED) is 0.562. The predicted octanol–water partition coefficient (Wildman–Crippen LogP) is 4.04. The van der Waals surface area contributed by atoms with Crippen molar-refractivity contribution < 1.29 is 4.39 Å². The summed E-state index contributed by atoms with van der Waals surface area (Å²) in [4.78, 5) is 26.3. The second-order valence-corrected chi connectivity index (χ2v) is 7.15. The minimum atomic E-state index is -0.648. The Hall–Kier alpha value is -4.05. The number of halogens is 1. The van der Waals surface area contributed by atoms with E-state index in [4.69, 9.17) is 0 Å². The Morgan fingerprint density at radius 1 is 1.10 bits per heavy atom. The molecule has 3 heterocycles. The lowest BCUT2D eigenvalue weighted by Gasteiger charge is -2.16. The molecular formula is C23H18FN5O. The average molecular weight is 399 g/mol. The van der Waals surface area contributed by atoms with Crippen LogP contribution in [0.2, 0.25) is 0 Å². The van der Waals surface area contributed by atoms with Crippen LogP contribution >= 0.6 is 0 Å². The van der Waals surface area contributed by atoms with Crippen molar-refractivity contribution in [2.45, 2.75) is 6.92 Å². The summed E-state index contributed by atoms with van der Waals surface area (Å²) in [6.07, 6.45) is 1.50. The number of H-pyrrole nitrogens is 1. The van der Waals surface area contributed by atoms with Gasteiger partial charge in [-0.3, -0.25) is 4.79 Å². The lowest BCUT2D eigenvalue weighted by Crippen LogP contribution is -2.11. The van der Waals surface area contributed by atoms with Crippen LogP contribution in [0.25, 0.3) is 33.4 Å². The number of nitrogens with zero attached hydrogens (tertiary/aromatic N) is 4. The monoisotopic (exact) mass is 399 g/mol. The van der Waals surface area contributed by atoms with Gasteiger partial charge in [-0.05, 0) is 42.8 Å². The predicted molar refractivity (Wildman–Crippen MR) is 115 cm³/mol. The molecule has 6 nitrogen and oxygen atoms in total. The molecule has 0 spiro atoms. The van der Waals surface area contributed by atoms with Gasteiger partial charge in [-0.15, -0.1) is 0 Å². The van der Waals surface area contributed by atoms with E-state index in [0.717, 1.165) is 17.1 Å². The number of fused-ring (bicyclic) bond motifs is 1. The summed E-state index contributed by atoms with van der Waals surface area (Å²) >= 11 is 0. The fourth-order valence-corrected chi connectivity index (χ4v) is 3.36. The molecule has 0 fully saturated rings. The van der Waals surface area contributed by atoms with Crippen molar-refractivity contribution in [3.8, 4) is 28.5 Å². The molecule has 0 unspecified atom stereocenters. The zero-order chi connectivity index (χ0) is 21.4. The van der Waals surface area contributed by atoms with Gasteiger partial charge in [0.1, 0.15) is 23.4 Å². The second kappa shape index (κ2) is 7.41. The van der Waals surface area contributed by atoms with E-state index in [-0.39, 0.29) is 16.6 Å². The van der Waals surface area contributed by atoms with E-state index in [1.165, 1.54) is 18.3 Å². The van der Waals surface area contributed by atoms with Crippen LogP contribution in [-0.2, 0) is 0 Å². The Kier molecular flexibility index (Phi) is 4.76. The first-order chi connectivity index (χ1) is 14.4. The van der Waals surface area contributed by atoms with E-state index < -0.39 is 5.82 Å². The SMILES string of the molecule is Cc1cc(-c2cc3c(=O)cc[nH]c3nc2-c2cccc(C#N)c2F)cc(N(C)C)n1. The van der Waals surface area contributed by atoms with Crippen LogP contribution in [0.3, 0.4) is 0 Å². The molecule has 1 aromatic carbocycles. The maximum Gasteiger partial charge on any atom is 0.191 e. The highest BCUT2D eigenvalue weighted by Gasteiger charge is 2.19. The molecule has 0 saturated heterocycles. The van der Waals surface area contributed by atoms with Crippen LogP contribution in [0.4, 0.5) is 10.2 Å². The standard InChI is InChI=1S/C23H18FN5O/c1-13-9-15(10-20(27-13)29(2)3)17-11-18-19(30)7-8-26-23(18)28-22(17)16-6-4-5-14(12-25)21(16)24/h4-11H,1-3H3,(H,26,28,30). The third-order valence-corrected chi connectivity index (χ3v) is 4.83. The van der Waals surface area contributed by atoms with E-state index >= 15 is 4.39 Å². The number of benzene rings is 1. The maximum absolute atomic E-state index is 15.1. The summed E-state index contributed by atoms with van der Waals surface area (Å²) in [7, 11) is 3.76. The molecule has 0 radical (unpaired) electrons. The maximum atomic E-state index is 15.1. The van der Waals surface area contributed by atoms with Gasteiger partial charge in [-0.1, -0.05) is 6.07 Å². The summed E-state index contributed by atoms with van der Waals surface area (Å²) in [5.74, 6) is 0.0780. The molecule has 4 rings (SSSR count). The minimum absolute atomic E-state index is 0.0678. The third-order valence-electron chi connectivity index (χ3n) is 4.83. The van der Waals surface area contributed by atoms with Crippen molar-refractivity contribution in [2.24, 2.45) is 0 Å². The molecule has 148 valence electrons. The number of aryl methyl sites for hydroxylation is 1. The fraction of sp³-hybridized carbons (Fsp3) is 0.130. The topological polar surface area (TPSA) is 85.7 Å². The van der Waals surface area contributed by atoms with E-state index in [0.29, 0.717) is 22.3 Å². The van der Waals surface area contributed by atoms with Gasteiger partial charge < -0.3 is 9.88 Å². The molecule has 7 heteroatoms. The van der Waals surface area contributed by atoms with E-state index in [1.807, 2.05) is 44.1 Å². The lowest BCUT2D eigenvalue weighted by molar-refractivity contribution is 0.627. The first kappa shape index (κ1) is 19.3. The first-order valence-electron chi connectivity index (χ1n) is 9.27. The van der Waals surface area contributed by atoms with Gasteiger partial charge in [0, 0.05) is 43.2 Å². The smallest absolute Gasteiger partial charge is 0.191 e. The zero-order valence-corrected chi connectivity index (χ0v) is 16.7. The molecule has 0 bridgehead atoms. The molecule has 0 aliphatic heterocycles. The number of hydrogen-bond donors (Lipinski definition) is 1. The number of rotatable bonds is 3. The molecule has 0 amide bonds. The van der Waals surface area contributed by atoms with Crippen LogP contribution < -0.4 is 10.3 Å². The van der Waals surface area contributed by atoms with Crippen molar-refractivity contribution in [2.75, 3.05) is 19.0 Å². The number of nitrogens with one attached hydrogen (secondary N) is 1. The normalized spacial score (nSPS) is 10.8. The molecule has 0 aliphatic carbocycles. The molecule has 0 atom stereocenters. The number of aromatic amines is 1. The highest BCUT2D eigenvalue weighted by atomic mass is 19.1. The molecule has 30 heavy (non-hydrogen) atoms. The van der Waals surface area contributed by atoms with Gasteiger partial charge in [0.25, 0.3) is 0 Å². The number of aromatic nitrogens is 3. The second-order valence-electron chi connectivity index (χ2n) is 7.15. The highest BCUT2D eigenvalue weighted by Crippen LogP contribution is 2.35. The Morgan fingerprint density at radius 2 is 1.90 bits per heavy atom. The molecule has 0 saturated carbocycles. The summed E-state index contributed by atoms with van der Waals surface area (Å²) in [5.41, 5.74) is 2.74. The fourth-order valence-electron chi connectivity index (χ4n) is 3.36. The summed E-state index contributed by atoms with van der Waals surface area (Å²) < 4.78 is 15.1. The van der Waals surface area contributed by atoms with Crippen LogP contribution in [0.5, 0.6) is 0 Å². The molecule has 4 aromatic rings. The van der Waals surface area contributed by atoms with Gasteiger partial charge in [0.05, 0.1) is 16.6 Å². The van der Waals surface area contributed by atoms with Crippen LogP contribution in [0.15, 0.2) is 53.5 Å². The van der Waals surface area contributed by atoms with E-state index in [9.17, 15) is 10.1 Å². The summed E-state index contributed by atoms with van der Waals surface area (Å²) in [5, 5.41) is 9.64. The number of anilines is 1. The molecule has 0 aliphatic rings. The molecule has 3 aromatic heterocycles. The number of hydrogen-bond acceptors (Lipinski definition) is 5. The van der Waals surface area contributed by atoms with Crippen molar-refractivity contribution in [3.05, 3.63) is 76.0 Å². The van der Waals surface area contributed by atoms with Gasteiger partial charge >= 0.3 is 0 Å². The number of nitriles is 1. The average Bonchev–Trinajstić information content (AvgIpc) is 2.73. The lowest BCUT2D eigenvalue weighted by atomic mass is 9.96. The van der Waals surface area contributed by atoms with Gasteiger partial charge in [-0.2, -0.15) is 5.26 Å². The Balaban J connectivity index is 2.11. The largest absolute Gasteiger partial charge is 0.363 e. The van der Waals surface area contributed by atoms with Crippen molar-refractivity contribution in [1.82, 2.24) is 15.0 Å². The summed E-state index contributed by atoms with van der Waals surface area (Å²) in [6, 6.07) is 13.3. The van der Waals surface area contributed by atoms with Gasteiger partial charge in [-0.25, -0.2) is 14.4 Å². The van der Waals surface area contributed by atoms with Gasteiger partial charge in [0.2, 0.25) is 0 Å². The number of pyridine rings is 3. The zero-order valence-electron chi connectivity index (χ0n) is 16.7. The van der Waals surface area contributed by atoms with Gasteiger partial charge in [0.15, 0.2) is 5.43 Å². The van der Waals surface area contributed by atoms with Crippen LogP contribution in [-0.4, -0.2) is 29.0 Å². The third kappa shape index (κ3) is 3.29. The Morgan fingerprint density at radius 3 is 2.63 bits per heavy atom. The Bertz CT molecular complexity index is 1380. The Labute approximate surface area is 172 Å². The minimum Gasteiger partial charge on any atom is -0.363 e. The first-order valence-corrected chi connectivity index (χ1v) is 9.27. The molecule has 1 N–H and O–H groups in total. The highest BCUT2D eigenvalue weighted by molar-refractivity contribution is 5.90. The van der Waals surface area contributed by atoms with E-state index in [2.05, 4.69) is 15.0 Å². The van der Waals surface area contributed by atoms with Crippen LogP contribution in [0, 0.1) is 24.1 Å².